The van der Waals surface area contributed by atoms with E-state index >= 15 is 0 Å². The Morgan fingerprint density at radius 2 is 2.12 bits per heavy atom. The number of carbonyl (C=O) groups is 1. The smallest absolute Gasteiger partial charge is 0.309 e. The van der Waals surface area contributed by atoms with Crippen LogP contribution in [-0.4, -0.2) is 30.1 Å². The first-order valence-electron chi connectivity index (χ1n) is 5.39. The van der Waals surface area contributed by atoms with E-state index in [9.17, 15) is 9.90 Å². The lowest BCUT2D eigenvalue weighted by molar-refractivity contribution is -0.148. The lowest BCUT2D eigenvalue weighted by atomic mass is 9.85. The quantitative estimate of drug-likeness (QED) is 0.901. The molecule has 0 aliphatic carbocycles. The highest BCUT2D eigenvalue weighted by Crippen LogP contribution is 2.37. The van der Waals surface area contributed by atoms with Crippen LogP contribution in [-0.2, 0) is 4.79 Å². The summed E-state index contributed by atoms with van der Waals surface area (Å²) in [6.45, 7) is 3.54. The van der Waals surface area contributed by atoms with E-state index in [1.54, 1.807) is 25.2 Å². The van der Waals surface area contributed by atoms with Gasteiger partial charge in [-0.25, -0.2) is 0 Å². The molecule has 0 aromatic carbocycles. The maximum atomic E-state index is 11.2. The monoisotopic (exact) mass is 319 g/mol. The molecule has 96 valence electrons. The molecule has 0 aliphatic heterocycles. The van der Waals surface area contributed by atoms with Gasteiger partial charge in [0.15, 0.2) is 0 Å². The molecule has 17 heavy (non-hydrogen) atoms. The van der Waals surface area contributed by atoms with Crippen molar-refractivity contribution in [2.75, 3.05) is 14.1 Å². The Bertz CT molecular complexity index is 401. The van der Waals surface area contributed by atoms with Gasteiger partial charge in [-0.2, -0.15) is 0 Å². The summed E-state index contributed by atoms with van der Waals surface area (Å²) in [5.74, 6) is -0.750. The molecule has 0 radical (unpaired) electrons. The van der Waals surface area contributed by atoms with Crippen molar-refractivity contribution in [3.8, 4) is 0 Å². The van der Waals surface area contributed by atoms with Crippen LogP contribution < -0.4 is 0 Å². The molecule has 1 aromatic heterocycles. The molecule has 1 unspecified atom stereocenters. The summed E-state index contributed by atoms with van der Waals surface area (Å²) >= 11 is 5.10. The van der Waals surface area contributed by atoms with Gasteiger partial charge in [0.1, 0.15) is 0 Å². The molecular formula is C12H18BrNO2S. The Morgan fingerprint density at radius 3 is 2.47 bits per heavy atom. The van der Waals surface area contributed by atoms with Crippen molar-refractivity contribution in [1.29, 1.82) is 0 Å². The Labute approximate surface area is 115 Å². The van der Waals surface area contributed by atoms with Gasteiger partial charge in [-0.05, 0) is 62.4 Å². The van der Waals surface area contributed by atoms with Crippen LogP contribution in [0.25, 0.3) is 0 Å². The van der Waals surface area contributed by atoms with E-state index in [0.717, 1.165) is 3.79 Å². The molecule has 1 N–H and O–H groups in total. The van der Waals surface area contributed by atoms with E-state index in [2.05, 4.69) is 26.9 Å². The summed E-state index contributed by atoms with van der Waals surface area (Å²) in [6.07, 6.45) is 0.599. The second-order valence-corrected chi connectivity index (χ2v) is 7.51. The second-order valence-electron chi connectivity index (χ2n) is 5.01. The fraction of sp³-hybridized carbons (Fsp3) is 0.583. The molecule has 0 saturated carbocycles. The number of carboxylic acid groups (broad SMARTS) is 1. The summed E-state index contributed by atoms with van der Waals surface area (Å²) in [5, 5.41) is 9.20. The van der Waals surface area contributed by atoms with Crippen LogP contribution >= 0.6 is 27.3 Å². The third-order valence-electron chi connectivity index (χ3n) is 2.83. The van der Waals surface area contributed by atoms with E-state index < -0.39 is 11.4 Å². The van der Waals surface area contributed by atoms with Crippen molar-refractivity contribution in [1.82, 2.24) is 4.90 Å². The Hall–Kier alpha value is -0.390. The molecular weight excluding hydrogens is 302 g/mol. The van der Waals surface area contributed by atoms with Gasteiger partial charge in [0.25, 0.3) is 0 Å². The van der Waals surface area contributed by atoms with Crippen LogP contribution in [0.4, 0.5) is 0 Å². The van der Waals surface area contributed by atoms with Crippen LogP contribution in [0.1, 0.15) is 31.2 Å². The van der Waals surface area contributed by atoms with Crippen molar-refractivity contribution < 1.29 is 9.90 Å². The molecule has 1 aromatic rings. The van der Waals surface area contributed by atoms with Gasteiger partial charge in [0, 0.05) is 10.9 Å². The molecule has 1 heterocycles. The summed E-state index contributed by atoms with van der Waals surface area (Å²) in [7, 11) is 3.96. The molecule has 1 atom stereocenters. The minimum absolute atomic E-state index is 0.136. The zero-order valence-electron chi connectivity index (χ0n) is 10.5. The largest absolute Gasteiger partial charge is 0.481 e. The molecule has 0 amide bonds. The number of carboxylic acids is 1. The summed E-state index contributed by atoms with van der Waals surface area (Å²) in [6, 6.07) is 4.19. The summed E-state index contributed by atoms with van der Waals surface area (Å²) < 4.78 is 1.08. The second kappa shape index (κ2) is 5.50. The van der Waals surface area contributed by atoms with Gasteiger partial charge in [-0.1, -0.05) is 0 Å². The van der Waals surface area contributed by atoms with Crippen molar-refractivity contribution in [3.05, 3.63) is 20.8 Å². The van der Waals surface area contributed by atoms with Crippen LogP contribution in [0.5, 0.6) is 0 Å². The fourth-order valence-electron chi connectivity index (χ4n) is 1.62. The lowest BCUT2D eigenvalue weighted by Gasteiger charge is -2.30. The van der Waals surface area contributed by atoms with Gasteiger partial charge in [0.05, 0.1) is 9.20 Å². The molecule has 0 saturated heterocycles. The van der Waals surface area contributed by atoms with E-state index in [0.29, 0.717) is 6.42 Å². The highest BCUT2D eigenvalue weighted by Gasteiger charge is 2.32. The van der Waals surface area contributed by atoms with Gasteiger partial charge in [-0.15, -0.1) is 11.3 Å². The number of nitrogens with zero attached hydrogens (tertiary/aromatic N) is 1. The summed E-state index contributed by atoms with van der Waals surface area (Å²) in [4.78, 5) is 14.5. The molecule has 0 aliphatic rings. The maximum absolute atomic E-state index is 11.2. The van der Waals surface area contributed by atoms with Crippen LogP contribution in [0.3, 0.4) is 0 Å². The predicted molar refractivity (Wildman–Crippen MR) is 74.5 cm³/mol. The molecule has 5 heteroatoms. The van der Waals surface area contributed by atoms with Gasteiger partial charge in [-0.3, -0.25) is 4.79 Å². The third-order valence-corrected chi connectivity index (χ3v) is 4.55. The number of thiophene rings is 1. The number of aliphatic carboxylic acids is 1. The number of hydrogen-bond donors (Lipinski definition) is 1. The van der Waals surface area contributed by atoms with Crippen LogP contribution in [0, 0.1) is 5.41 Å². The highest BCUT2D eigenvalue weighted by atomic mass is 79.9. The van der Waals surface area contributed by atoms with Gasteiger partial charge in [0.2, 0.25) is 0 Å². The lowest BCUT2D eigenvalue weighted by Crippen LogP contribution is -2.31. The molecule has 0 fully saturated rings. The summed E-state index contributed by atoms with van der Waals surface area (Å²) in [5.41, 5.74) is -0.717. The van der Waals surface area contributed by atoms with E-state index in [1.807, 2.05) is 20.2 Å². The van der Waals surface area contributed by atoms with Crippen molar-refractivity contribution >= 4 is 33.2 Å². The first-order valence-corrected chi connectivity index (χ1v) is 7.00. The predicted octanol–water partition coefficient (Wildman–Crippen LogP) is 3.61. The van der Waals surface area contributed by atoms with Crippen molar-refractivity contribution in [3.63, 3.8) is 0 Å². The average Bonchev–Trinajstić information content (AvgIpc) is 2.60. The number of hydrogen-bond acceptors (Lipinski definition) is 3. The van der Waals surface area contributed by atoms with Gasteiger partial charge >= 0.3 is 5.97 Å². The topological polar surface area (TPSA) is 40.5 Å². The zero-order valence-corrected chi connectivity index (χ0v) is 12.9. The van der Waals surface area contributed by atoms with E-state index in [4.69, 9.17) is 0 Å². The first-order chi connectivity index (χ1) is 7.74. The van der Waals surface area contributed by atoms with Gasteiger partial charge < -0.3 is 10.0 Å². The molecule has 3 nitrogen and oxygen atoms in total. The normalized spacial score (nSPS) is 14.0. The van der Waals surface area contributed by atoms with Crippen molar-refractivity contribution in [2.45, 2.75) is 26.3 Å². The van der Waals surface area contributed by atoms with Crippen LogP contribution in [0.2, 0.25) is 0 Å². The highest BCUT2D eigenvalue weighted by molar-refractivity contribution is 9.11. The minimum atomic E-state index is -0.750. The van der Waals surface area contributed by atoms with Crippen LogP contribution in [0.15, 0.2) is 15.9 Å². The Morgan fingerprint density at radius 1 is 1.53 bits per heavy atom. The SMILES string of the molecule is CN(C)C(CC(C)(C)C(=O)O)c1ccc(Br)s1. The maximum Gasteiger partial charge on any atom is 0.309 e. The first kappa shape index (κ1) is 14.7. The van der Waals surface area contributed by atoms with E-state index in [-0.39, 0.29) is 6.04 Å². The number of halogens is 1. The Kier molecular flexibility index (Phi) is 4.75. The van der Waals surface area contributed by atoms with E-state index in [1.165, 1.54) is 4.88 Å². The molecule has 1 rings (SSSR count). The molecule has 0 spiro atoms. The zero-order chi connectivity index (χ0) is 13.2. The number of rotatable bonds is 5. The molecule has 0 bridgehead atoms. The average molecular weight is 320 g/mol. The Balaban J connectivity index is 2.92. The third kappa shape index (κ3) is 3.79. The van der Waals surface area contributed by atoms with Crippen molar-refractivity contribution in [2.24, 2.45) is 5.41 Å². The fourth-order valence-corrected chi connectivity index (χ4v) is 3.24. The minimum Gasteiger partial charge on any atom is -0.481 e. The standard InChI is InChI=1S/C12H18BrNO2S/c1-12(2,11(15)16)7-8(14(3)4)9-5-6-10(13)17-9/h5-6,8H,7H2,1-4H3,(H,15,16).